The quantitative estimate of drug-likeness (QED) is 0.815. The fourth-order valence-corrected chi connectivity index (χ4v) is 3.97. The molecule has 3 rings (SSSR count). The van der Waals surface area contributed by atoms with E-state index in [-0.39, 0.29) is 18.1 Å². The molecule has 2 fully saturated rings. The van der Waals surface area contributed by atoms with Crippen LogP contribution in [0.3, 0.4) is 0 Å². The summed E-state index contributed by atoms with van der Waals surface area (Å²) >= 11 is 5.93. The first-order valence-electron chi connectivity index (χ1n) is 8.50. The average Bonchev–Trinajstić information content (AvgIpc) is 3.01. The Bertz CT molecular complexity index is 628. The highest BCUT2D eigenvalue weighted by Gasteiger charge is 2.43. The maximum atomic E-state index is 11.7. The minimum atomic E-state index is -0.874. The highest BCUT2D eigenvalue weighted by molar-refractivity contribution is 6.30. The van der Waals surface area contributed by atoms with E-state index < -0.39 is 5.60 Å². The molecule has 7 heteroatoms. The third-order valence-corrected chi connectivity index (χ3v) is 5.64. The van der Waals surface area contributed by atoms with Gasteiger partial charge in [0.05, 0.1) is 18.2 Å². The summed E-state index contributed by atoms with van der Waals surface area (Å²) in [5, 5.41) is 11.6. The van der Waals surface area contributed by atoms with Crippen LogP contribution in [0.1, 0.15) is 25.3 Å². The highest BCUT2D eigenvalue weighted by Crippen LogP contribution is 2.35. The Labute approximate surface area is 152 Å². The molecule has 2 heterocycles. The molecule has 2 saturated heterocycles. The van der Waals surface area contributed by atoms with Gasteiger partial charge in [0.2, 0.25) is 5.91 Å². The maximum absolute atomic E-state index is 11.7. The van der Waals surface area contributed by atoms with Gasteiger partial charge in [-0.05, 0) is 30.5 Å². The fraction of sp³-hybridized carbons (Fsp3) is 0.556. The van der Waals surface area contributed by atoms with Crippen LogP contribution in [-0.4, -0.2) is 65.6 Å². The lowest BCUT2D eigenvalue weighted by Gasteiger charge is -2.41. The van der Waals surface area contributed by atoms with Crippen LogP contribution in [0.25, 0.3) is 0 Å². The van der Waals surface area contributed by atoms with Gasteiger partial charge >= 0.3 is 0 Å². The van der Waals surface area contributed by atoms with Crippen molar-refractivity contribution in [1.29, 1.82) is 0 Å². The number of hydrogen-bond donors (Lipinski definition) is 1. The van der Waals surface area contributed by atoms with Crippen molar-refractivity contribution in [2.75, 3.05) is 26.2 Å². The predicted molar refractivity (Wildman–Crippen MR) is 93.1 cm³/mol. The van der Waals surface area contributed by atoms with Gasteiger partial charge in [0.1, 0.15) is 6.10 Å². The number of piperidine rings is 1. The fourth-order valence-electron chi connectivity index (χ4n) is 3.84. The van der Waals surface area contributed by atoms with Crippen LogP contribution < -0.4 is 0 Å². The molecule has 6 nitrogen and oxygen atoms in total. The van der Waals surface area contributed by atoms with Crippen molar-refractivity contribution in [3.8, 4) is 0 Å². The molecule has 0 unspecified atom stereocenters. The lowest BCUT2D eigenvalue weighted by molar-refractivity contribution is -0.137. The number of benzene rings is 1. The van der Waals surface area contributed by atoms with E-state index in [0.717, 1.165) is 5.56 Å². The van der Waals surface area contributed by atoms with Gasteiger partial charge in [0, 0.05) is 31.6 Å². The lowest BCUT2D eigenvalue weighted by atomic mass is 9.84. The van der Waals surface area contributed by atoms with E-state index in [2.05, 4.69) is 4.90 Å². The molecule has 136 valence electrons. The van der Waals surface area contributed by atoms with Crippen molar-refractivity contribution in [2.24, 2.45) is 0 Å². The van der Waals surface area contributed by atoms with Crippen LogP contribution in [0.2, 0.25) is 5.02 Å². The smallest absolute Gasteiger partial charge is 0.293 e. The first kappa shape index (κ1) is 18.2. The molecule has 0 spiro atoms. The van der Waals surface area contributed by atoms with Crippen LogP contribution >= 0.6 is 11.6 Å². The molecule has 0 saturated carbocycles. The van der Waals surface area contributed by atoms with E-state index in [1.165, 1.54) is 6.92 Å². The standard InChI is InChI=1S/C18H23ClN2O4/c1-13(23)21-10-16(17(11-21)25-12-22)20-8-6-18(24,7-9-20)14-2-4-15(19)5-3-14/h2-5,12,16-17,24H,6-11H2,1H3/t16-,17-/m0/s1. The molecule has 0 aromatic heterocycles. The minimum Gasteiger partial charge on any atom is -0.461 e. The molecule has 1 aromatic rings. The van der Waals surface area contributed by atoms with Gasteiger partial charge in [-0.25, -0.2) is 0 Å². The second-order valence-corrected chi connectivity index (χ2v) is 7.27. The summed E-state index contributed by atoms with van der Waals surface area (Å²) in [5.41, 5.74) is -0.00457. The number of carbonyl (C=O) groups is 2. The molecular weight excluding hydrogens is 344 g/mol. The zero-order chi connectivity index (χ0) is 18.0. The van der Waals surface area contributed by atoms with E-state index in [9.17, 15) is 14.7 Å². The summed E-state index contributed by atoms with van der Waals surface area (Å²) in [7, 11) is 0. The number of halogens is 1. The van der Waals surface area contributed by atoms with E-state index in [1.54, 1.807) is 17.0 Å². The zero-order valence-corrected chi connectivity index (χ0v) is 15.0. The summed E-state index contributed by atoms with van der Waals surface area (Å²) in [6.45, 7) is 4.30. The number of aliphatic hydroxyl groups is 1. The number of rotatable bonds is 4. The number of amides is 1. The van der Waals surface area contributed by atoms with Crippen molar-refractivity contribution in [1.82, 2.24) is 9.80 Å². The Kier molecular flexibility index (Phi) is 5.32. The summed E-state index contributed by atoms with van der Waals surface area (Å²) in [5.74, 6) is -0.0170. The van der Waals surface area contributed by atoms with Crippen molar-refractivity contribution in [3.05, 3.63) is 34.9 Å². The van der Waals surface area contributed by atoms with Crippen molar-refractivity contribution in [3.63, 3.8) is 0 Å². The summed E-state index contributed by atoms with van der Waals surface area (Å²) in [4.78, 5) is 26.4. The van der Waals surface area contributed by atoms with E-state index >= 15 is 0 Å². The second-order valence-electron chi connectivity index (χ2n) is 6.84. The van der Waals surface area contributed by atoms with Gasteiger partial charge in [-0.2, -0.15) is 0 Å². The molecule has 1 amide bonds. The Morgan fingerprint density at radius 1 is 1.28 bits per heavy atom. The molecule has 2 aliphatic heterocycles. The number of likely N-dealkylation sites (tertiary alicyclic amines) is 2. The Morgan fingerprint density at radius 2 is 1.92 bits per heavy atom. The maximum Gasteiger partial charge on any atom is 0.293 e. The van der Waals surface area contributed by atoms with E-state index in [4.69, 9.17) is 16.3 Å². The number of ether oxygens (including phenoxy) is 1. The van der Waals surface area contributed by atoms with Gasteiger partial charge in [-0.15, -0.1) is 0 Å². The topological polar surface area (TPSA) is 70.1 Å². The number of carbonyl (C=O) groups excluding carboxylic acids is 2. The lowest BCUT2D eigenvalue weighted by Crippen LogP contribution is -2.51. The van der Waals surface area contributed by atoms with Crippen LogP contribution in [0.4, 0.5) is 0 Å². The normalized spacial score (nSPS) is 26.4. The van der Waals surface area contributed by atoms with Gasteiger partial charge < -0.3 is 14.7 Å². The summed E-state index contributed by atoms with van der Waals surface area (Å²) < 4.78 is 5.21. The van der Waals surface area contributed by atoms with Crippen molar-refractivity contribution < 1.29 is 19.4 Å². The van der Waals surface area contributed by atoms with Gasteiger partial charge in [0.15, 0.2) is 0 Å². The third-order valence-electron chi connectivity index (χ3n) is 5.39. The molecule has 25 heavy (non-hydrogen) atoms. The molecule has 1 N–H and O–H groups in total. The molecule has 0 aliphatic carbocycles. The molecule has 1 aromatic carbocycles. The van der Waals surface area contributed by atoms with Gasteiger partial charge in [-0.1, -0.05) is 23.7 Å². The molecule has 0 radical (unpaired) electrons. The van der Waals surface area contributed by atoms with E-state index in [1.807, 2.05) is 12.1 Å². The van der Waals surface area contributed by atoms with E-state index in [0.29, 0.717) is 50.5 Å². The minimum absolute atomic E-state index is 0.0170. The van der Waals surface area contributed by atoms with Crippen molar-refractivity contribution >= 4 is 24.0 Å². The van der Waals surface area contributed by atoms with Crippen molar-refractivity contribution in [2.45, 2.75) is 37.5 Å². The summed E-state index contributed by atoms with van der Waals surface area (Å²) in [6, 6.07) is 7.28. The molecule has 0 bridgehead atoms. The molecule has 2 atom stereocenters. The Hall–Kier alpha value is -1.63. The number of nitrogens with zero attached hydrogens (tertiary/aromatic N) is 2. The SMILES string of the molecule is CC(=O)N1C[C@H](OC=O)[C@@H](N2CCC(O)(c3ccc(Cl)cc3)CC2)C1. The average molecular weight is 367 g/mol. The van der Waals surface area contributed by atoms with Crippen LogP contribution in [-0.2, 0) is 19.9 Å². The molecular formula is C18H23ClN2O4. The Morgan fingerprint density at radius 3 is 2.48 bits per heavy atom. The van der Waals surface area contributed by atoms with Crippen LogP contribution in [0.5, 0.6) is 0 Å². The largest absolute Gasteiger partial charge is 0.461 e. The van der Waals surface area contributed by atoms with Gasteiger partial charge in [0.25, 0.3) is 6.47 Å². The highest BCUT2D eigenvalue weighted by atomic mass is 35.5. The Balaban J connectivity index is 1.67. The van der Waals surface area contributed by atoms with Crippen LogP contribution in [0.15, 0.2) is 24.3 Å². The van der Waals surface area contributed by atoms with Gasteiger partial charge in [-0.3, -0.25) is 14.5 Å². The third kappa shape index (κ3) is 3.81. The van der Waals surface area contributed by atoms with Crippen LogP contribution in [0, 0.1) is 0 Å². The monoisotopic (exact) mass is 366 g/mol. The molecule has 2 aliphatic rings. The first-order chi connectivity index (χ1) is 11.9. The predicted octanol–water partition coefficient (Wildman–Crippen LogP) is 1.40. The summed E-state index contributed by atoms with van der Waals surface area (Å²) in [6.07, 6.45) is 0.848. The second kappa shape index (κ2) is 7.32. The number of hydrogen-bond acceptors (Lipinski definition) is 5. The first-order valence-corrected chi connectivity index (χ1v) is 8.88. The zero-order valence-electron chi connectivity index (χ0n) is 14.2.